The van der Waals surface area contributed by atoms with Crippen LogP contribution in [0.1, 0.15) is 15.9 Å². The van der Waals surface area contributed by atoms with Crippen molar-refractivity contribution in [1.29, 1.82) is 0 Å². The first-order valence-electron chi connectivity index (χ1n) is 5.74. The van der Waals surface area contributed by atoms with Crippen molar-refractivity contribution in [2.45, 2.75) is 13.0 Å². The average Bonchev–Trinajstić information content (AvgIpc) is 2.34. The number of ether oxygens (including phenoxy) is 2. The number of methoxy groups -OCH3 is 2. The molecule has 0 radical (unpaired) electrons. The van der Waals surface area contributed by atoms with Crippen LogP contribution >= 0.6 is 0 Å². The van der Waals surface area contributed by atoms with Gasteiger partial charge in [-0.3, -0.25) is 4.79 Å². The van der Waals surface area contributed by atoms with Crippen LogP contribution in [0, 0.1) is 6.92 Å². The quantitative estimate of drug-likeness (QED) is 0.740. The Kier molecular flexibility index (Phi) is 5.61. The summed E-state index contributed by atoms with van der Waals surface area (Å²) in [5.41, 5.74) is 7.79. The Morgan fingerprint density at radius 2 is 2.17 bits per heavy atom. The number of nitrogens with two attached hydrogens (primary N) is 1. The van der Waals surface area contributed by atoms with Crippen molar-refractivity contribution in [2.75, 3.05) is 33.1 Å². The van der Waals surface area contributed by atoms with Gasteiger partial charge in [-0.15, -0.1) is 0 Å². The Morgan fingerprint density at radius 3 is 2.72 bits per heavy atom. The molecule has 0 saturated carbocycles. The van der Waals surface area contributed by atoms with Gasteiger partial charge in [0.05, 0.1) is 18.3 Å². The molecule has 1 unspecified atom stereocenters. The van der Waals surface area contributed by atoms with Crippen LogP contribution in [0.2, 0.25) is 0 Å². The highest BCUT2D eigenvalue weighted by Gasteiger charge is 2.12. The number of nitrogens with one attached hydrogen (secondary N) is 1. The van der Waals surface area contributed by atoms with E-state index < -0.39 is 0 Å². The van der Waals surface area contributed by atoms with Gasteiger partial charge in [0.1, 0.15) is 0 Å². The highest BCUT2D eigenvalue weighted by Crippen LogP contribution is 2.13. The van der Waals surface area contributed by atoms with Crippen LogP contribution in [0.3, 0.4) is 0 Å². The van der Waals surface area contributed by atoms with Gasteiger partial charge in [0, 0.05) is 26.5 Å². The molecule has 100 valence electrons. The molecule has 5 nitrogen and oxygen atoms in total. The van der Waals surface area contributed by atoms with Crippen LogP contribution in [0.15, 0.2) is 18.2 Å². The summed E-state index contributed by atoms with van der Waals surface area (Å²) in [6.07, 6.45) is -0.161. The van der Waals surface area contributed by atoms with E-state index in [1.54, 1.807) is 26.4 Å². The second-order valence-corrected chi connectivity index (χ2v) is 4.11. The summed E-state index contributed by atoms with van der Waals surface area (Å²) in [5, 5.41) is 2.77. The summed E-state index contributed by atoms with van der Waals surface area (Å²) in [5.74, 6) is -0.203. The first-order valence-corrected chi connectivity index (χ1v) is 5.74. The van der Waals surface area contributed by atoms with Crippen LogP contribution in [-0.4, -0.2) is 39.4 Å². The van der Waals surface area contributed by atoms with E-state index in [0.29, 0.717) is 24.4 Å². The Morgan fingerprint density at radius 1 is 1.44 bits per heavy atom. The number of hydrogen-bond donors (Lipinski definition) is 2. The normalized spacial score (nSPS) is 12.2. The van der Waals surface area contributed by atoms with E-state index in [1.807, 2.05) is 13.0 Å². The van der Waals surface area contributed by atoms with E-state index >= 15 is 0 Å². The fourth-order valence-corrected chi connectivity index (χ4v) is 1.59. The lowest BCUT2D eigenvalue weighted by Gasteiger charge is -2.15. The lowest BCUT2D eigenvalue weighted by molar-refractivity contribution is 0.0285. The summed E-state index contributed by atoms with van der Waals surface area (Å²) in [4.78, 5) is 11.9. The third-order valence-corrected chi connectivity index (χ3v) is 2.63. The van der Waals surface area contributed by atoms with Crippen molar-refractivity contribution in [1.82, 2.24) is 5.32 Å². The van der Waals surface area contributed by atoms with Crippen molar-refractivity contribution in [2.24, 2.45) is 0 Å². The Bertz CT molecular complexity index is 407. The molecule has 1 aromatic rings. The highest BCUT2D eigenvalue weighted by molar-refractivity contribution is 5.99. The number of rotatable bonds is 6. The summed E-state index contributed by atoms with van der Waals surface area (Å²) >= 11 is 0. The molecule has 0 aliphatic heterocycles. The van der Waals surface area contributed by atoms with Crippen molar-refractivity contribution in [3.63, 3.8) is 0 Å². The minimum absolute atomic E-state index is 0.161. The Balaban J connectivity index is 2.59. The van der Waals surface area contributed by atoms with Crippen LogP contribution in [0.25, 0.3) is 0 Å². The molecule has 0 aliphatic carbocycles. The van der Waals surface area contributed by atoms with E-state index in [-0.39, 0.29) is 12.0 Å². The fraction of sp³-hybridized carbons (Fsp3) is 0.462. The van der Waals surface area contributed by atoms with E-state index in [0.717, 1.165) is 5.56 Å². The molecule has 0 aromatic heterocycles. The van der Waals surface area contributed by atoms with E-state index in [2.05, 4.69) is 5.32 Å². The van der Waals surface area contributed by atoms with E-state index in [4.69, 9.17) is 15.2 Å². The predicted octanol–water partition coefficient (Wildman–Crippen LogP) is 0.968. The molecule has 1 amide bonds. The summed E-state index contributed by atoms with van der Waals surface area (Å²) in [6, 6.07) is 5.35. The predicted molar refractivity (Wildman–Crippen MR) is 70.6 cm³/mol. The van der Waals surface area contributed by atoms with Gasteiger partial charge in [0.2, 0.25) is 0 Å². The van der Waals surface area contributed by atoms with Crippen molar-refractivity contribution in [3.05, 3.63) is 29.3 Å². The maximum atomic E-state index is 11.9. The first-order chi connectivity index (χ1) is 8.58. The van der Waals surface area contributed by atoms with Gasteiger partial charge in [0.25, 0.3) is 5.91 Å². The molecule has 0 spiro atoms. The Hall–Kier alpha value is -1.59. The average molecular weight is 252 g/mol. The number of amides is 1. The second kappa shape index (κ2) is 6.98. The molecular formula is C13H20N2O3. The maximum Gasteiger partial charge on any atom is 0.253 e. The molecule has 3 N–H and O–H groups in total. The zero-order chi connectivity index (χ0) is 13.5. The fourth-order valence-electron chi connectivity index (χ4n) is 1.59. The molecule has 5 heteroatoms. The molecule has 1 aromatic carbocycles. The third-order valence-electron chi connectivity index (χ3n) is 2.63. The van der Waals surface area contributed by atoms with Gasteiger partial charge in [-0.1, -0.05) is 6.07 Å². The van der Waals surface area contributed by atoms with Crippen LogP contribution in [0.5, 0.6) is 0 Å². The minimum Gasteiger partial charge on any atom is -0.398 e. The molecule has 0 saturated heterocycles. The van der Waals surface area contributed by atoms with Crippen molar-refractivity contribution in [3.8, 4) is 0 Å². The van der Waals surface area contributed by atoms with Gasteiger partial charge < -0.3 is 20.5 Å². The molecule has 1 rings (SSSR count). The number of aryl methyl sites for hydroxylation is 1. The molecule has 0 fully saturated rings. The largest absolute Gasteiger partial charge is 0.398 e. The molecule has 18 heavy (non-hydrogen) atoms. The van der Waals surface area contributed by atoms with Crippen molar-refractivity contribution >= 4 is 11.6 Å². The molecule has 0 aliphatic rings. The van der Waals surface area contributed by atoms with Crippen LogP contribution in [0.4, 0.5) is 5.69 Å². The molecule has 0 bridgehead atoms. The van der Waals surface area contributed by atoms with Gasteiger partial charge >= 0.3 is 0 Å². The third kappa shape index (κ3) is 4.01. The number of carbonyl (C=O) groups excluding carboxylic acids is 1. The number of anilines is 1. The lowest BCUT2D eigenvalue weighted by atomic mass is 10.1. The van der Waals surface area contributed by atoms with Crippen LogP contribution < -0.4 is 11.1 Å². The lowest BCUT2D eigenvalue weighted by Crippen LogP contribution is -2.35. The maximum absolute atomic E-state index is 11.9. The monoisotopic (exact) mass is 252 g/mol. The summed E-state index contributed by atoms with van der Waals surface area (Å²) in [7, 11) is 3.17. The topological polar surface area (TPSA) is 73.6 Å². The zero-order valence-corrected chi connectivity index (χ0v) is 11.0. The van der Waals surface area contributed by atoms with E-state index in [1.165, 1.54) is 0 Å². The van der Waals surface area contributed by atoms with Crippen LogP contribution in [-0.2, 0) is 9.47 Å². The number of hydrogen-bond acceptors (Lipinski definition) is 4. The van der Waals surface area contributed by atoms with Gasteiger partial charge in [-0.05, 0) is 24.6 Å². The smallest absolute Gasteiger partial charge is 0.253 e. The molecule has 1 atom stereocenters. The Labute approximate surface area is 107 Å². The molecule has 0 heterocycles. The first kappa shape index (κ1) is 14.5. The summed E-state index contributed by atoms with van der Waals surface area (Å²) in [6.45, 7) is 2.74. The van der Waals surface area contributed by atoms with Crippen molar-refractivity contribution < 1.29 is 14.3 Å². The molecular weight excluding hydrogens is 232 g/mol. The van der Waals surface area contributed by atoms with Gasteiger partial charge in [-0.25, -0.2) is 0 Å². The minimum atomic E-state index is -0.203. The van der Waals surface area contributed by atoms with Gasteiger partial charge in [0.15, 0.2) is 0 Å². The number of benzene rings is 1. The number of carbonyl (C=O) groups is 1. The highest BCUT2D eigenvalue weighted by atomic mass is 16.5. The zero-order valence-electron chi connectivity index (χ0n) is 11.0. The number of nitrogen functional groups attached to an aromatic ring is 1. The second-order valence-electron chi connectivity index (χ2n) is 4.11. The summed E-state index contributed by atoms with van der Waals surface area (Å²) < 4.78 is 10.1. The standard InChI is InChI=1S/C13H20N2O3/c1-9-4-5-11(12(14)6-9)13(16)15-7-10(18-3)8-17-2/h4-6,10H,7-8,14H2,1-3H3,(H,15,16). The van der Waals surface area contributed by atoms with E-state index in [9.17, 15) is 4.79 Å². The SMILES string of the molecule is COCC(CNC(=O)c1ccc(C)cc1N)OC. The van der Waals surface area contributed by atoms with Gasteiger partial charge in [-0.2, -0.15) is 0 Å².